The second kappa shape index (κ2) is 7.53. The molecule has 1 fully saturated rings. The first kappa shape index (κ1) is 16.6. The number of hydrogen-bond acceptors (Lipinski definition) is 6. The topological polar surface area (TPSA) is 89.3 Å². The van der Waals surface area contributed by atoms with Gasteiger partial charge in [-0.05, 0) is 24.6 Å². The number of nitrogens with one attached hydrogen (secondary N) is 1. The van der Waals surface area contributed by atoms with Gasteiger partial charge in [0.05, 0.1) is 35.0 Å². The Morgan fingerprint density at radius 2 is 2.42 bits per heavy atom. The van der Waals surface area contributed by atoms with Gasteiger partial charge < -0.3 is 10.4 Å². The second-order valence-electron chi connectivity index (χ2n) is 5.84. The third kappa shape index (κ3) is 3.97. The number of aliphatic hydroxyl groups excluding tert-OH is 1. The van der Waals surface area contributed by atoms with Gasteiger partial charge in [0.15, 0.2) is 0 Å². The molecule has 124 valence electrons. The van der Waals surface area contributed by atoms with Gasteiger partial charge >= 0.3 is 0 Å². The number of nitriles is 1. The van der Waals surface area contributed by atoms with E-state index in [1.54, 1.807) is 41.1 Å². The van der Waals surface area contributed by atoms with E-state index < -0.39 is 6.10 Å². The molecular weight excluding hydrogens is 324 g/mol. The molecule has 1 saturated heterocycles. The predicted molar refractivity (Wildman–Crippen MR) is 90.4 cm³/mol. The Morgan fingerprint density at radius 3 is 3.12 bits per heavy atom. The summed E-state index contributed by atoms with van der Waals surface area (Å²) >= 11 is 1.56. The molecule has 6 nitrogen and oxygen atoms in total. The van der Waals surface area contributed by atoms with Crippen molar-refractivity contribution in [1.29, 1.82) is 5.26 Å². The number of amides is 1. The molecule has 2 N–H and O–H groups in total. The molecule has 0 aliphatic carbocycles. The number of benzene rings is 1. The summed E-state index contributed by atoms with van der Waals surface area (Å²) in [5.41, 5.74) is 3.68. The van der Waals surface area contributed by atoms with E-state index >= 15 is 0 Å². The number of aromatic nitrogens is 1. The van der Waals surface area contributed by atoms with Crippen LogP contribution in [0.5, 0.6) is 0 Å². The zero-order valence-electron chi connectivity index (χ0n) is 13.1. The van der Waals surface area contributed by atoms with Gasteiger partial charge in [-0.3, -0.25) is 9.69 Å². The maximum Gasteiger partial charge on any atom is 0.251 e. The highest BCUT2D eigenvalue weighted by Crippen LogP contribution is 2.15. The van der Waals surface area contributed by atoms with Gasteiger partial charge in [-0.15, -0.1) is 11.3 Å². The number of thiazole rings is 1. The van der Waals surface area contributed by atoms with Crippen molar-refractivity contribution < 1.29 is 9.90 Å². The van der Waals surface area contributed by atoms with Gasteiger partial charge in [-0.25, -0.2) is 4.98 Å². The van der Waals surface area contributed by atoms with Crippen LogP contribution in [0.15, 0.2) is 35.2 Å². The molecule has 24 heavy (non-hydrogen) atoms. The Balaban J connectivity index is 1.56. The molecule has 7 heteroatoms. The lowest BCUT2D eigenvalue weighted by molar-refractivity contribution is 0.0346. The van der Waals surface area contributed by atoms with Gasteiger partial charge in [0, 0.05) is 30.6 Å². The van der Waals surface area contributed by atoms with Crippen molar-refractivity contribution in [3.05, 3.63) is 52.0 Å². The molecule has 1 aromatic carbocycles. The highest BCUT2D eigenvalue weighted by atomic mass is 32.1. The number of β-amino-alcohol motifs (C(OH)–C–C–N with tert-alkyl or cyclic N) is 1. The lowest BCUT2D eigenvalue weighted by atomic mass is 10.0. The van der Waals surface area contributed by atoms with E-state index in [2.05, 4.69) is 15.2 Å². The number of nitrogens with zero attached hydrogens (tertiary/aromatic N) is 3. The number of hydrogen-bond donors (Lipinski definition) is 2. The monoisotopic (exact) mass is 342 g/mol. The van der Waals surface area contributed by atoms with Crippen molar-refractivity contribution in [3.63, 3.8) is 0 Å². The maximum atomic E-state index is 12.3. The van der Waals surface area contributed by atoms with Gasteiger partial charge in [-0.2, -0.15) is 5.26 Å². The Labute approximate surface area is 144 Å². The van der Waals surface area contributed by atoms with Crippen LogP contribution in [0, 0.1) is 11.3 Å². The quantitative estimate of drug-likeness (QED) is 0.876. The molecule has 0 bridgehead atoms. The summed E-state index contributed by atoms with van der Waals surface area (Å²) in [5, 5.41) is 24.1. The van der Waals surface area contributed by atoms with E-state index in [4.69, 9.17) is 5.26 Å². The van der Waals surface area contributed by atoms with Crippen molar-refractivity contribution in [2.24, 2.45) is 0 Å². The highest BCUT2D eigenvalue weighted by molar-refractivity contribution is 7.07. The molecule has 0 saturated carbocycles. The number of carbonyl (C=O) groups excluding carboxylic acids is 1. The minimum atomic E-state index is -0.625. The largest absolute Gasteiger partial charge is 0.390 e. The lowest BCUT2D eigenvalue weighted by Gasteiger charge is -2.35. The van der Waals surface area contributed by atoms with Crippen LogP contribution < -0.4 is 5.32 Å². The van der Waals surface area contributed by atoms with Gasteiger partial charge in [0.1, 0.15) is 0 Å². The summed E-state index contributed by atoms with van der Waals surface area (Å²) in [4.78, 5) is 18.7. The Bertz CT molecular complexity index is 741. The van der Waals surface area contributed by atoms with Crippen LogP contribution in [0.3, 0.4) is 0 Å². The summed E-state index contributed by atoms with van der Waals surface area (Å²) in [6, 6.07) is 8.30. The van der Waals surface area contributed by atoms with Crippen LogP contribution in [0.4, 0.5) is 0 Å². The molecule has 0 radical (unpaired) electrons. The fourth-order valence-corrected chi connectivity index (χ4v) is 3.39. The first-order valence-electron chi connectivity index (χ1n) is 7.74. The van der Waals surface area contributed by atoms with Crippen LogP contribution in [-0.2, 0) is 6.54 Å². The highest BCUT2D eigenvalue weighted by Gasteiger charge is 2.29. The number of likely N-dealkylation sites (tertiary alicyclic amines) is 1. The third-order valence-electron chi connectivity index (χ3n) is 4.11. The van der Waals surface area contributed by atoms with Crippen molar-refractivity contribution in [1.82, 2.24) is 15.2 Å². The van der Waals surface area contributed by atoms with Gasteiger partial charge in [0.2, 0.25) is 0 Å². The van der Waals surface area contributed by atoms with E-state index in [1.165, 1.54) is 0 Å². The summed E-state index contributed by atoms with van der Waals surface area (Å²) in [5.74, 6) is -0.260. The standard InChI is InChI=1S/C17H18N4O2S/c18-7-12-2-1-3-13(6-12)17(23)20-15-4-5-21(9-16(15)22)8-14-10-24-11-19-14/h1-3,6,10-11,15-16,22H,4-5,8-9H2,(H,20,23)/t15-,16-/m1/s1. The molecule has 2 heterocycles. The summed E-state index contributed by atoms with van der Waals surface area (Å²) in [6.45, 7) is 2.00. The zero-order valence-corrected chi connectivity index (χ0v) is 13.9. The smallest absolute Gasteiger partial charge is 0.251 e. The van der Waals surface area contributed by atoms with Crippen molar-refractivity contribution in [3.8, 4) is 6.07 Å². The SMILES string of the molecule is N#Cc1cccc(C(=O)N[C@@H]2CCN(Cc3cscn3)C[C@H]2O)c1. The van der Waals surface area contributed by atoms with E-state index in [1.807, 2.05) is 11.4 Å². The normalized spacial score (nSPS) is 21.2. The van der Waals surface area contributed by atoms with Crippen LogP contribution in [0.2, 0.25) is 0 Å². The van der Waals surface area contributed by atoms with Crippen molar-refractivity contribution in [2.45, 2.75) is 25.1 Å². The van der Waals surface area contributed by atoms with E-state index in [0.29, 0.717) is 30.6 Å². The minimum absolute atomic E-state index is 0.260. The minimum Gasteiger partial charge on any atom is -0.390 e. The van der Waals surface area contributed by atoms with E-state index in [9.17, 15) is 9.90 Å². The average molecular weight is 342 g/mol. The van der Waals surface area contributed by atoms with Gasteiger partial charge in [0.25, 0.3) is 5.91 Å². The maximum absolute atomic E-state index is 12.3. The summed E-state index contributed by atoms with van der Waals surface area (Å²) < 4.78 is 0. The van der Waals surface area contributed by atoms with E-state index in [-0.39, 0.29) is 11.9 Å². The van der Waals surface area contributed by atoms with Crippen LogP contribution in [0.25, 0.3) is 0 Å². The molecule has 3 rings (SSSR count). The molecule has 2 atom stereocenters. The first-order valence-corrected chi connectivity index (χ1v) is 8.68. The number of carbonyl (C=O) groups is 1. The second-order valence-corrected chi connectivity index (χ2v) is 6.56. The van der Waals surface area contributed by atoms with Crippen LogP contribution in [-0.4, -0.2) is 46.1 Å². The lowest BCUT2D eigenvalue weighted by Crippen LogP contribution is -2.53. The average Bonchev–Trinajstić information content (AvgIpc) is 3.10. The molecular formula is C17H18N4O2S. The van der Waals surface area contributed by atoms with Crippen molar-refractivity contribution in [2.75, 3.05) is 13.1 Å². The van der Waals surface area contributed by atoms with Gasteiger partial charge in [-0.1, -0.05) is 6.07 Å². The summed E-state index contributed by atoms with van der Waals surface area (Å²) in [7, 11) is 0. The molecule has 2 aromatic rings. The Hall–Kier alpha value is -2.27. The van der Waals surface area contributed by atoms with E-state index in [0.717, 1.165) is 12.2 Å². The molecule has 1 aromatic heterocycles. The molecule has 1 amide bonds. The Morgan fingerprint density at radius 1 is 1.54 bits per heavy atom. The number of aliphatic hydroxyl groups is 1. The van der Waals surface area contributed by atoms with Crippen LogP contribution in [0.1, 0.15) is 28.0 Å². The fraction of sp³-hybridized carbons (Fsp3) is 0.353. The zero-order chi connectivity index (χ0) is 16.9. The molecule has 0 spiro atoms. The number of rotatable bonds is 4. The summed E-state index contributed by atoms with van der Waals surface area (Å²) in [6.07, 6.45) is 0.0510. The molecule has 1 aliphatic rings. The Kier molecular flexibility index (Phi) is 5.20. The van der Waals surface area contributed by atoms with Crippen molar-refractivity contribution >= 4 is 17.2 Å². The molecule has 1 aliphatic heterocycles. The van der Waals surface area contributed by atoms with Crippen LogP contribution >= 0.6 is 11.3 Å². The fourth-order valence-electron chi connectivity index (χ4n) is 2.84. The predicted octanol–water partition coefficient (Wildman–Crippen LogP) is 1.38. The molecule has 0 unspecified atom stereocenters. The third-order valence-corrected chi connectivity index (χ3v) is 4.74. The number of piperidine rings is 1. The first-order chi connectivity index (χ1) is 11.7.